The van der Waals surface area contributed by atoms with Crippen LogP contribution in [0.4, 0.5) is 8.78 Å². The molecule has 3 heteroatoms. The Morgan fingerprint density at radius 1 is 1.04 bits per heavy atom. The van der Waals surface area contributed by atoms with Crippen LogP contribution in [0, 0.1) is 23.5 Å². The van der Waals surface area contributed by atoms with Crippen LogP contribution in [-0.4, -0.2) is 6.61 Å². The highest BCUT2D eigenvalue weighted by Crippen LogP contribution is 2.34. The van der Waals surface area contributed by atoms with E-state index < -0.39 is 11.6 Å². The summed E-state index contributed by atoms with van der Waals surface area (Å²) in [5, 5.41) is 0. The molecule has 26 heavy (non-hydrogen) atoms. The van der Waals surface area contributed by atoms with Gasteiger partial charge in [0.05, 0.1) is 6.61 Å². The summed E-state index contributed by atoms with van der Waals surface area (Å²) < 4.78 is 33.8. The van der Waals surface area contributed by atoms with Gasteiger partial charge in [-0.2, -0.15) is 4.39 Å². The molecule has 0 radical (unpaired) electrons. The van der Waals surface area contributed by atoms with Gasteiger partial charge in [0.25, 0.3) is 0 Å². The van der Waals surface area contributed by atoms with Crippen molar-refractivity contribution in [2.45, 2.75) is 78.1 Å². The molecule has 0 heterocycles. The highest BCUT2D eigenvalue weighted by molar-refractivity contribution is 5.31. The first kappa shape index (κ1) is 20.9. The summed E-state index contributed by atoms with van der Waals surface area (Å²) in [5.41, 5.74) is 0.487. The van der Waals surface area contributed by atoms with Crippen LogP contribution >= 0.6 is 0 Å². The molecule has 1 aliphatic rings. The van der Waals surface area contributed by atoms with E-state index in [0.29, 0.717) is 24.5 Å². The molecule has 0 atom stereocenters. The van der Waals surface area contributed by atoms with Gasteiger partial charge in [-0.25, -0.2) is 4.39 Å². The smallest absolute Gasteiger partial charge is 0.200 e. The molecular formula is C23H34F2O. The van der Waals surface area contributed by atoms with E-state index in [2.05, 4.69) is 19.1 Å². The maximum atomic E-state index is 14.3. The summed E-state index contributed by atoms with van der Waals surface area (Å²) in [6.45, 7) is 4.55. The molecule has 0 N–H and O–H groups in total. The van der Waals surface area contributed by atoms with Gasteiger partial charge in [0.2, 0.25) is 5.82 Å². The molecule has 1 fully saturated rings. The van der Waals surface area contributed by atoms with Crippen molar-refractivity contribution in [2.75, 3.05) is 6.61 Å². The lowest BCUT2D eigenvalue weighted by Gasteiger charge is -2.28. The molecule has 0 spiro atoms. The third kappa shape index (κ3) is 6.41. The van der Waals surface area contributed by atoms with Crippen molar-refractivity contribution in [3.8, 4) is 5.75 Å². The monoisotopic (exact) mass is 364 g/mol. The first-order chi connectivity index (χ1) is 12.7. The van der Waals surface area contributed by atoms with Crippen molar-refractivity contribution < 1.29 is 13.5 Å². The predicted molar refractivity (Wildman–Crippen MR) is 105 cm³/mol. The molecule has 0 aliphatic heterocycles. The van der Waals surface area contributed by atoms with E-state index in [1.54, 1.807) is 12.1 Å². The van der Waals surface area contributed by atoms with Gasteiger partial charge in [0, 0.05) is 0 Å². The maximum Gasteiger partial charge on any atom is 0.200 e. The number of unbranched alkanes of at least 4 members (excludes halogenated alkanes) is 1. The molecule has 0 bridgehead atoms. The highest BCUT2D eigenvalue weighted by Gasteiger charge is 2.21. The molecule has 0 saturated heterocycles. The molecule has 1 nitrogen and oxygen atoms in total. The molecule has 1 saturated carbocycles. The lowest BCUT2D eigenvalue weighted by Crippen LogP contribution is -2.15. The second-order valence-corrected chi connectivity index (χ2v) is 7.62. The fourth-order valence-corrected chi connectivity index (χ4v) is 3.87. The van der Waals surface area contributed by atoms with Crippen LogP contribution in [0.2, 0.25) is 0 Å². The van der Waals surface area contributed by atoms with E-state index in [1.165, 1.54) is 38.5 Å². The normalized spacial score (nSPS) is 20.6. The Hall–Kier alpha value is -1.38. The minimum atomic E-state index is -0.828. The lowest BCUT2D eigenvalue weighted by atomic mass is 9.78. The summed E-state index contributed by atoms with van der Waals surface area (Å²) in [6.07, 6.45) is 15.2. The number of aryl methyl sites for hydroxylation is 1. The highest BCUT2D eigenvalue weighted by atomic mass is 19.2. The molecule has 1 aromatic rings. The lowest BCUT2D eigenvalue weighted by molar-refractivity contribution is 0.253. The quantitative estimate of drug-likeness (QED) is 0.314. The molecule has 1 aliphatic carbocycles. The zero-order valence-corrected chi connectivity index (χ0v) is 16.4. The number of hydrogen-bond donors (Lipinski definition) is 0. The van der Waals surface area contributed by atoms with Crippen molar-refractivity contribution in [3.63, 3.8) is 0 Å². The van der Waals surface area contributed by atoms with E-state index in [9.17, 15) is 8.78 Å². The standard InChI is InChI=1S/C23H34F2O/c1-3-5-7-8-18-9-11-19(12-10-18)13-14-20-15-16-21(23(25)22(20)24)26-17-6-4-2/h3,5,15-16,18-19H,4,6-14,17H2,1-2H3/b5-3+. The predicted octanol–water partition coefficient (Wildman–Crippen LogP) is 7.24. The molecule has 1 aromatic carbocycles. The third-order valence-corrected chi connectivity index (χ3v) is 5.65. The molecule has 0 aromatic heterocycles. The van der Waals surface area contributed by atoms with Gasteiger partial charge in [0.1, 0.15) is 0 Å². The minimum absolute atomic E-state index is 0.0429. The van der Waals surface area contributed by atoms with Crippen molar-refractivity contribution in [1.29, 1.82) is 0 Å². The van der Waals surface area contributed by atoms with Crippen molar-refractivity contribution >= 4 is 0 Å². The van der Waals surface area contributed by atoms with Crippen LogP contribution in [0.5, 0.6) is 5.75 Å². The second kappa shape index (κ2) is 11.4. The van der Waals surface area contributed by atoms with E-state index in [4.69, 9.17) is 4.74 Å². The average Bonchev–Trinajstić information content (AvgIpc) is 2.66. The number of rotatable bonds is 10. The van der Waals surface area contributed by atoms with Crippen LogP contribution in [0.15, 0.2) is 24.3 Å². The van der Waals surface area contributed by atoms with E-state index in [-0.39, 0.29) is 5.75 Å². The van der Waals surface area contributed by atoms with Crippen LogP contribution in [0.3, 0.4) is 0 Å². The number of ether oxygens (including phenoxy) is 1. The van der Waals surface area contributed by atoms with Crippen molar-refractivity contribution in [1.82, 2.24) is 0 Å². The Morgan fingerprint density at radius 3 is 2.38 bits per heavy atom. The summed E-state index contributed by atoms with van der Waals surface area (Å²) in [4.78, 5) is 0. The SMILES string of the molecule is C/C=C/CCC1CCC(CCc2ccc(OCCCC)c(F)c2F)CC1. The van der Waals surface area contributed by atoms with Gasteiger partial charge >= 0.3 is 0 Å². The van der Waals surface area contributed by atoms with Gasteiger partial charge in [-0.05, 0) is 62.5 Å². The topological polar surface area (TPSA) is 9.23 Å². The number of halogens is 2. The van der Waals surface area contributed by atoms with E-state index >= 15 is 0 Å². The van der Waals surface area contributed by atoms with Gasteiger partial charge in [-0.1, -0.05) is 57.2 Å². The van der Waals surface area contributed by atoms with Gasteiger partial charge in [-0.15, -0.1) is 0 Å². The van der Waals surface area contributed by atoms with Gasteiger partial charge in [0.15, 0.2) is 11.6 Å². The summed E-state index contributed by atoms with van der Waals surface area (Å²) in [5.74, 6) is -0.0150. The Labute approximate surface area is 157 Å². The van der Waals surface area contributed by atoms with Crippen molar-refractivity contribution in [3.05, 3.63) is 41.5 Å². The zero-order valence-electron chi connectivity index (χ0n) is 16.4. The second-order valence-electron chi connectivity index (χ2n) is 7.62. The number of allylic oxidation sites excluding steroid dienone is 2. The van der Waals surface area contributed by atoms with Crippen molar-refractivity contribution in [2.24, 2.45) is 11.8 Å². The summed E-state index contributed by atoms with van der Waals surface area (Å²) in [6, 6.07) is 3.28. The summed E-state index contributed by atoms with van der Waals surface area (Å²) in [7, 11) is 0. The van der Waals surface area contributed by atoms with Crippen LogP contribution in [-0.2, 0) is 6.42 Å². The van der Waals surface area contributed by atoms with Gasteiger partial charge < -0.3 is 4.74 Å². The largest absolute Gasteiger partial charge is 0.490 e. The molecule has 2 rings (SSSR count). The van der Waals surface area contributed by atoms with E-state index in [1.807, 2.05) is 6.92 Å². The van der Waals surface area contributed by atoms with Crippen LogP contribution < -0.4 is 4.74 Å². The fourth-order valence-electron chi connectivity index (χ4n) is 3.87. The Balaban J connectivity index is 1.78. The van der Waals surface area contributed by atoms with Crippen LogP contribution in [0.1, 0.15) is 77.2 Å². The van der Waals surface area contributed by atoms with E-state index in [0.717, 1.165) is 25.2 Å². The molecule has 146 valence electrons. The first-order valence-electron chi connectivity index (χ1n) is 10.4. The average molecular weight is 365 g/mol. The minimum Gasteiger partial charge on any atom is -0.490 e. The number of benzene rings is 1. The first-order valence-corrected chi connectivity index (χ1v) is 10.4. The maximum absolute atomic E-state index is 14.3. The third-order valence-electron chi connectivity index (χ3n) is 5.65. The Bertz CT molecular complexity index is 560. The number of hydrogen-bond acceptors (Lipinski definition) is 1. The molecular weight excluding hydrogens is 330 g/mol. The Morgan fingerprint density at radius 2 is 1.73 bits per heavy atom. The van der Waals surface area contributed by atoms with Crippen LogP contribution in [0.25, 0.3) is 0 Å². The Kier molecular flexibility index (Phi) is 9.14. The molecule has 0 unspecified atom stereocenters. The molecule has 0 amide bonds. The zero-order chi connectivity index (χ0) is 18.8. The van der Waals surface area contributed by atoms with Gasteiger partial charge in [-0.3, -0.25) is 0 Å². The fraction of sp³-hybridized carbons (Fsp3) is 0.652. The summed E-state index contributed by atoms with van der Waals surface area (Å²) >= 11 is 0.